The lowest BCUT2D eigenvalue weighted by molar-refractivity contribution is 0.102. The Bertz CT molecular complexity index is 749. The fraction of sp³-hybridized carbons (Fsp3) is 0.478. The summed E-state index contributed by atoms with van der Waals surface area (Å²) in [5, 5.41) is 14.0. The molecule has 0 aromatic heterocycles. The highest BCUT2D eigenvalue weighted by atomic mass is 35.5. The van der Waals surface area contributed by atoms with Crippen LogP contribution in [0.5, 0.6) is 5.75 Å². The molecule has 0 aliphatic heterocycles. The number of benzene rings is 2. The Hall–Kier alpha value is -1.55. The summed E-state index contributed by atoms with van der Waals surface area (Å²) in [5.74, 6) is 0.962. The summed E-state index contributed by atoms with van der Waals surface area (Å²) < 4.78 is 5.99. The minimum atomic E-state index is -0.497. The van der Waals surface area contributed by atoms with E-state index in [1.54, 1.807) is 0 Å². The summed E-state index contributed by atoms with van der Waals surface area (Å²) in [6.07, 6.45) is 7.76. The van der Waals surface area contributed by atoms with Crippen LogP contribution in [0, 0.1) is 0 Å². The number of aryl methyl sites for hydroxylation is 2. The molecule has 4 rings (SSSR count). The monoisotopic (exact) mass is 387 g/mol. The molecule has 146 valence electrons. The number of fused-ring (bicyclic) bond motifs is 2. The van der Waals surface area contributed by atoms with Crippen molar-refractivity contribution in [3.05, 3.63) is 64.7 Å². The largest absolute Gasteiger partial charge is 0.491 e. The number of halogens is 1. The first-order chi connectivity index (χ1) is 12.8. The van der Waals surface area contributed by atoms with Crippen LogP contribution in [0.1, 0.15) is 54.0 Å². The van der Waals surface area contributed by atoms with Gasteiger partial charge in [-0.1, -0.05) is 36.4 Å². The van der Waals surface area contributed by atoms with E-state index in [1.807, 2.05) is 6.07 Å². The highest BCUT2D eigenvalue weighted by molar-refractivity contribution is 5.85. The fourth-order valence-corrected chi connectivity index (χ4v) is 4.37. The molecule has 0 saturated heterocycles. The van der Waals surface area contributed by atoms with E-state index in [4.69, 9.17) is 4.74 Å². The maximum absolute atomic E-state index is 10.4. The van der Waals surface area contributed by atoms with E-state index in [0.717, 1.165) is 25.0 Å². The highest BCUT2D eigenvalue weighted by Gasteiger charge is 2.20. The third-order valence-electron chi connectivity index (χ3n) is 5.75. The molecule has 3 nitrogen and oxygen atoms in total. The van der Waals surface area contributed by atoms with Crippen molar-refractivity contribution in [3.8, 4) is 5.75 Å². The number of ether oxygens (including phenoxy) is 1. The third-order valence-corrected chi connectivity index (χ3v) is 5.75. The minimum absolute atomic E-state index is 0. The minimum Gasteiger partial charge on any atom is -0.491 e. The van der Waals surface area contributed by atoms with Crippen molar-refractivity contribution in [1.82, 2.24) is 5.32 Å². The second-order valence-electron chi connectivity index (χ2n) is 7.62. The average Bonchev–Trinajstić information content (AvgIpc) is 2.70. The Morgan fingerprint density at radius 3 is 2.67 bits per heavy atom. The predicted octanol–water partition coefficient (Wildman–Crippen LogP) is 4.39. The van der Waals surface area contributed by atoms with E-state index in [-0.39, 0.29) is 12.4 Å². The summed E-state index contributed by atoms with van der Waals surface area (Å²) in [6, 6.07) is 15.3. The maximum Gasteiger partial charge on any atom is 0.122 e. The molecule has 2 aromatic rings. The van der Waals surface area contributed by atoms with Gasteiger partial charge in [-0.15, -0.1) is 12.4 Å². The Balaban J connectivity index is 0.00000210. The van der Waals surface area contributed by atoms with Crippen molar-refractivity contribution in [3.63, 3.8) is 0 Å². The van der Waals surface area contributed by atoms with Crippen LogP contribution < -0.4 is 10.1 Å². The lowest BCUT2D eigenvalue weighted by atomic mass is 9.88. The molecule has 2 atom stereocenters. The molecular weight excluding hydrogens is 358 g/mol. The van der Waals surface area contributed by atoms with E-state index < -0.39 is 6.10 Å². The van der Waals surface area contributed by atoms with Gasteiger partial charge in [-0.3, -0.25) is 0 Å². The summed E-state index contributed by atoms with van der Waals surface area (Å²) in [4.78, 5) is 0. The summed E-state index contributed by atoms with van der Waals surface area (Å²) in [5.41, 5.74) is 5.60. The zero-order valence-corrected chi connectivity index (χ0v) is 16.6. The van der Waals surface area contributed by atoms with E-state index in [0.29, 0.717) is 19.2 Å². The van der Waals surface area contributed by atoms with Gasteiger partial charge in [0.15, 0.2) is 0 Å². The van der Waals surface area contributed by atoms with Gasteiger partial charge < -0.3 is 15.2 Å². The second kappa shape index (κ2) is 9.59. The highest BCUT2D eigenvalue weighted by Crippen LogP contribution is 2.30. The van der Waals surface area contributed by atoms with Crippen LogP contribution >= 0.6 is 12.4 Å². The van der Waals surface area contributed by atoms with E-state index in [1.165, 1.54) is 47.9 Å². The van der Waals surface area contributed by atoms with Gasteiger partial charge in [0.2, 0.25) is 0 Å². The fourth-order valence-electron chi connectivity index (χ4n) is 4.37. The molecule has 0 saturated carbocycles. The normalized spacial score (nSPS) is 19.4. The van der Waals surface area contributed by atoms with Gasteiger partial charge in [0.25, 0.3) is 0 Å². The van der Waals surface area contributed by atoms with Crippen molar-refractivity contribution in [2.45, 2.75) is 57.1 Å². The van der Waals surface area contributed by atoms with Gasteiger partial charge >= 0.3 is 0 Å². The summed E-state index contributed by atoms with van der Waals surface area (Å²) >= 11 is 0. The van der Waals surface area contributed by atoms with Crippen molar-refractivity contribution < 1.29 is 9.84 Å². The van der Waals surface area contributed by atoms with Crippen LogP contribution in [0.15, 0.2) is 42.5 Å². The summed E-state index contributed by atoms with van der Waals surface area (Å²) in [7, 11) is 0. The zero-order chi connectivity index (χ0) is 17.8. The van der Waals surface area contributed by atoms with Crippen molar-refractivity contribution in [1.29, 1.82) is 0 Å². The molecule has 0 radical (unpaired) electrons. The smallest absolute Gasteiger partial charge is 0.122 e. The van der Waals surface area contributed by atoms with Crippen molar-refractivity contribution in [2.24, 2.45) is 0 Å². The standard InChI is InChI=1S/C23H29NO2.ClH/c25-19(15-24-22-13-5-9-17-7-1-3-11-20(17)22)16-26-23-14-6-10-18-8-2-4-12-21(18)23;/h1,3,6-7,10-11,14,19,22,24-25H,2,4-5,8-9,12-13,15-16H2;1H. The maximum atomic E-state index is 10.4. The van der Waals surface area contributed by atoms with Crippen LogP contribution in [-0.4, -0.2) is 24.4 Å². The van der Waals surface area contributed by atoms with E-state index in [9.17, 15) is 5.11 Å². The molecule has 0 amide bonds. The van der Waals surface area contributed by atoms with E-state index >= 15 is 0 Å². The van der Waals surface area contributed by atoms with Gasteiger partial charge in [-0.2, -0.15) is 0 Å². The Kier molecular flexibility index (Phi) is 7.17. The molecule has 0 spiro atoms. The molecule has 27 heavy (non-hydrogen) atoms. The lowest BCUT2D eigenvalue weighted by Crippen LogP contribution is -2.35. The molecule has 2 aromatic carbocycles. The van der Waals surface area contributed by atoms with Crippen LogP contribution in [0.3, 0.4) is 0 Å². The third kappa shape index (κ3) is 4.84. The summed E-state index contributed by atoms with van der Waals surface area (Å²) in [6.45, 7) is 0.909. The Morgan fingerprint density at radius 2 is 1.74 bits per heavy atom. The zero-order valence-electron chi connectivity index (χ0n) is 15.8. The quantitative estimate of drug-likeness (QED) is 0.772. The molecule has 2 aliphatic carbocycles. The van der Waals surface area contributed by atoms with Crippen LogP contribution in [-0.2, 0) is 19.3 Å². The van der Waals surface area contributed by atoms with Crippen LogP contribution in [0.4, 0.5) is 0 Å². The molecule has 0 bridgehead atoms. The first-order valence-corrected chi connectivity index (χ1v) is 10.0. The van der Waals surface area contributed by atoms with Gasteiger partial charge in [0.1, 0.15) is 18.5 Å². The van der Waals surface area contributed by atoms with Crippen molar-refractivity contribution >= 4 is 12.4 Å². The predicted molar refractivity (Wildman–Crippen MR) is 112 cm³/mol. The van der Waals surface area contributed by atoms with Crippen LogP contribution in [0.25, 0.3) is 0 Å². The average molecular weight is 388 g/mol. The van der Waals surface area contributed by atoms with Gasteiger partial charge in [-0.25, -0.2) is 0 Å². The molecule has 0 heterocycles. The van der Waals surface area contributed by atoms with Gasteiger partial charge in [0, 0.05) is 12.6 Å². The van der Waals surface area contributed by atoms with Crippen molar-refractivity contribution in [2.75, 3.05) is 13.2 Å². The molecule has 2 unspecified atom stereocenters. The van der Waals surface area contributed by atoms with Gasteiger partial charge in [0.05, 0.1) is 0 Å². The second-order valence-corrected chi connectivity index (χ2v) is 7.62. The topological polar surface area (TPSA) is 41.5 Å². The number of rotatable bonds is 6. The SMILES string of the molecule is Cl.OC(CNC1CCCc2ccccc21)COc1cccc2c1CCCC2. The Labute approximate surface area is 168 Å². The molecule has 2 N–H and O–H groups in total. The number of nitrogens with one attached hydrogen (secondary N) is 1. The number of aliphatic hydroxyl groups excluding tert-OH is 1. The van der Waals surface area contributed by atoms with Gasteiger partial charge in [-0.05, 0) is 73.3 Å². The molecule has 4 heteroatoms. The first kappa shape index (κ1) is 20.2. The molecule has 2 aliphatic rings. The Morgan fingerprint density at radius 1 is 0.963 bits per heavy atom. The molecule has 0 fully saturated rings. The van der Waals surface area contributed by atoms with E-state index in [2.05, 4.69) is 41.7 Å². The number of aliphatic hydroxyl groups is 1. The first-order valence-electron chi connectivity index (χ1n) is 10.0. The molecular formula is C23H30ClNO2. The lowest BCUT2D eigenvalue weighted by Gasteiger charge is -2.27. The number of hydrogen-bond acceptors (Lipinski definition) is 3. The van der Waals surface area contributed by atoms with Crippen LogP contribution in [0.2, 0.25) is 0 Å². The number of hydrogen-bond donors (Lipinski definition) is 2.